The van der Waals surface area contributed by atoms with Gasteiger partial charge >= 0.3 is 5.97 Å². The molecule has 0 fully saturated rings. The highest BCUT2D eigenvalue weighted by Crippen LogP contribution is 2.03. The predicted octanol–water partition coefficient (Wildman–Crippen LogP) is 8.93. The molecule has 11 nitrogen and oxygen atoms in total. The Morgan fingerprint density at radius 3 is 1.26 bits per heavy atom. The number of phenolic OH excluding ortho intramolecular Hbond substituents is 1. The highest BCUT2D eigenvalue weighted by Gasteiger charge is 1.96. The van der Waals surface area contributed by atoms with Crippen molar-refractivity contribution < 1.29 is 33.4 Å². The van der Waals surface area contributed by atoms with E-state index >= 15 is 0 Å². The molecule has 6 aromatic rings. The molecule has 4 aromatic carbocycles. The van der Waals surface area contributed by atoms with Crippen molar-refractivity contribution in [2.45, 2.75) is 0 Å². The number of rotatable bonds is 7. The first-order chi connectivity index (χ1) is 26.1. The first-order valence-corrected chi connectivity index (χ1v) is 16.2. The van der Waals surface area contributed by atoms with Gasteiger partial charge in [0.15, 0.2) is 12.0 Å². The van der Waals surface area contributed by atoms with Crippen molar-refractivity contribution in [2.24, 2.45) is 10.2 Å². The molecule has 6 rings (SSSR count). The number of hydrogen-bond donors (Lipinski definition) is 2. The number of hydrogen-bond acceptors (Lipinski definition) is 10. The molecule has 0 spiro atoms. The summed E-state index contributed by atoms with van der Waals surface area (Å²) in [6.07, 6.45) is 8.08. The van der Waals surface area contributed by atoms with E-state index in [4.69, 9.17) is 14.6 Å². The van der Waals surface area contributed by atoms with Crippen molar-refractivity contribution in [1.82, 2.24) is 10.0 Å². The van der Waals surface area contributed by atoms with Crippen LogP contribution in [0.4, 0.5) is 0 Å². The monoisotopic (exact) mass is 732 g/mol. The lowest BCUT2D eigenvalue weighted by atomic mass is 10.2. The maximum atomic E-state index is 10.2. The molecule has 54 heavy (non-hydrogen) atoms. The van der Waals surface area contributed by atoms with Crippen LogP contribution in [0.2, 0.25) is 0 Å². The van der Waals surface area contributed by atoms with Crippen LogP contribution in [0.1, 0.15) is 42.6 Å². The van der Waals surface area contributed by atoms with Gasteiger partial charge in [-0.3, -0.25) is 9.59 Å². The number of phenols is 1. The summed E-state index contributed by atoms with van der Waals surface area (Å²) in [5.74, 6) is 0.590. The van der Waals surface area contributed by atoms with E-state index in [0.717, 1.165) is 23.2 Å². The first kappa shape index (κ1) is 46.7. The van der Waals surface area contributed by atoms with E-state index in [-0.39, 0.29) is 0 Å². The molecule has 282 valence electrons. The second-order valence-corrected chi connectivity index (χ2v) is 10.3. The van der Waals surface area contributed by atoms with Crippen LogP contribution in [0.3, 0.4) is 0 Å². The van der Waals surface area contributed by atoms with Crippen molar-refractivity contribution in [3.63, 3.8) is 0 Å². The molecule has 2 heterocycles. The Kier molecular flexibility index (Phi) is 27.4. The average molecular weight is 733 g/mol. The number of nitrogens with zero attached hydrogens (tertiary/aromatic N) is 4. The zero-order valence-corrected chi connectivity index (χ0v) is 31.0. The minimum absolute atomic E-state index is 0.322. The maximum Gasteiger partial charge on any atom is 0.335 e. The van der Waals surface area contributed by atoms with Gasteiger partial charge in [0.05, 0.1) is 30.5 Å². The fourth-order valence-electron chi connectivity index (χ4n) is 3.16. The number of aromatic hydroxyl groups is 1. The zero-order chi connectivity index (χ0) is 40.2. The van der Waals surface area contributed by atoms with Gasteiger partial charge in [0.1, 0.15) is 17.8 Å². The lowest BCUT2D eigenvalue weighted by Crippen LogP contribution is -2.01. The summed E-state index contributed by atoms with van der Waals surface area (Å²) in [4.78, 5) is 30.0. The number of aldehydes is 2. The van der Waals surface area contributed by atoms with Crippen molar-refractivity contribution in [1.29, 1.82) is 0 Å². The molecule has 2 N–H and O–H groups in total. The van der Waals surface area contributed by atoms with E-state index in [1.807, 2.05) is 101 Å². The fraction of sp³-hybridized carbons (Fsp3) is 0.0930. The second-order valence-electron chi connectivity index (χ2n) is 10.3. The van der Waals surface area contributed by atoms with Gasteiger partial charge in [0.2, 0.25) is 0 Å². The van der Waals surface area contributed by atoms with E-state index in [1.54, 1.807) is 101 Å². The summed E-state index contributed by atoms with van der Waals surface area (Å²) in [7, 11) is 7.53. The molecule has 0 aliphatic rings. The Labute approximate surface area is 317 Å². The number of carboxylic acid groups (broad SMARTS) is 1. The lowest BCUT2D eigenvalue weighted by Gasteiger charge is -2.01. The molecule has 0 bridgehead atoms. The van der Waals surface area contributed by atoms with Gasteiger partial charge in [-0.15, -0.1) is 13.2 Å². The lowest BCUT2D eigenvalue weighted by molar-refractivity contribution is 0.0696. The highest BCUT2D eigenvalue weighted by molar-refractivity contribution is 5.87. The van der Waals surface area contributed by atoms with E-state index in [0.29, 0.717) is 23.4 Å². The molecule has 0 aliphatic carbocycles. The van der Waals surface area contributed by atoms with Crippen molar-refractivity contribution in [2.75, 3.05) is 28.2 Å². The fourth-order valence-corrected chi connectivity index (χ4v) is 3.16. The van der Waals surface area contributed by atoms with Gasteiger partial charge in [-0.05, 0) is 54.1 Å². The summed E-state index contributed by atoms with van der Waals surface area (Å²) in [5, 5.41) is 28.6. The zero-order valence-electron chi connectivity index (χ0n) is 31.0. The Balaban J connectivity index is 0.000000622. The van der Waals surface area contributed by atoms with E-state index in [1.165, 1.54) is 6.26 Å². The quantitative estimate of drug-likeness (QED) is 0.0710. The molecule has 0 saturated heterocycles. The molecule has 0 amide bonds. The number of carbonyl (C=O) groups is 3. The summed E-state index contributed by atoms with van der Waals surface area (Å²) in [5.41, 5.74) is 2.19. The van der Waals surface area contributed by atoms with Gasteiger partial charge in [0.25, 0.3) is 0 Å². The number of hydrazone groups is 2. The number of benzene rings is 4. The molecular weight excluding hydrogens is 684 g/mol. The molecule has 0 saturated carbocycles. The molecule has 0 radical (unpaired) electrons. The number of carboxylic acids is 1. The number of furan rings is 2. The number of carbonyl (C=O) groups excluding carboxylic acids is 2. The Morgan fingerprint density at radius 2 is 0.963 bits per heavy atom. The Bertz CT molecular complexity index is 1800. The van der Waals surface area contributed by atoms with E-state index in [9.17, 15) is 14.4 Å². The Hall–Kier alpha value is -7.27. The molecule has 0 unspecified atom stereocenters. The minimum atomic E-state index is -0.879. The third kappa shape index (κ3) is 26.6. The largest absolute Gasteiger partial charge is 0.508 e. The normalized spacial score (nSPS) is 9.11. The number of para-hydroxylation sites is 1. The number of aromatic carboxylic acids is 1. The third-order valence-electron chi connectivity index (χ3n) is 5.57. The maximum absolute atomic E-state index is 10.2. The van der Waals surface area contributed by atoms with Crippen LogP contribution >= 0.6 is 0 Å². The Morgan fingerprint density at radius 1 is 0.556 bits per heavy atom. The van der Waals surface area contributed by atoms with E-state index < -0.39 is 5.97 Å². The van der Waals surface area contributed by atoms with Crippen LogP contribution in [0.25, 0.3) is 0 Å². The highest BCUT2D eigenvalue weighted by atomic mass is 16.4. The van der Waals surface area contributed by atoms with Gasteiger partial charge in [-0.2, -0.15) is 10.2 Å². The summed E-state index contributed by atoms with van der Waals surface area (Å²) in [6, 6.07) is 43.1. The summed E-state index contributed by atoms with van der Waals surface area (Å²) >= 11 is 0. The van der Waals surface area contributed by atoms with Gasteiger partial charge in [0, 0.05) is 33.8 Å². The van der Waals surface area contributed by atoms with Crippen molar-refractivity contribution in [3.8, 4) is 5.75 Å². The standard InChI is InChI=1S/C9H12N2.C7H10N2O.C7H6O2.C7H6O.C6H6O.C5H4O2.C2H4/c1-11(2)10-8-9-6-4-3-5-7-9;1-9(2)8-6-7-4-3-5-10-7;8-7(9)6-4-2-1-3-5-6;8-6-7-4-2-1-3-5-7;7-6-4-2-1-3-5-6;6-4-5-2-1-3-7-5;1-2/h3-8H,1-2H3;3-6H,1-2H3;1-5H,(H,8,9);1-6H;1-5,7H;1-4H;1-2H2/b10-8+;8-6+;;;;;. The molecule has 0 aliphatic heterocycles. The average Bonchev–Trinajstić information content (AvgIpc) is 3.95. The van der Waals surface area contributed by atoms with Crippen LogP contribution in [-0.4, -0.2) is 79.4 Å². The SMILES string of the molecule is C=C.CN(C)/N=C/c1ccccc1.CN(C)/N=C/c1ccco1.O=C(O)c1ccccc1.O=Cc1ccccc1.O=Cc1ccco1.Oc1ccccc1. The van der Waals surface area contributed by atoms with Crippen molar-refractivity contribution >= 4 is 31.0 Å². The van der Waals surface area contributed by atoms with Gasteiger partial charge in [-0.1, -0.05) is 97.1 Å². The predicted molar refractivity (Wildman–Crippen MR) is 216 cm³/mol. The minimum Gasteiger partial charge on any atom is -0.508 e. The second kappa shape index (κ2) is 31.7. The van der Waals surface area contributed by atoms with Crippen LogP contribution in [0.5, 0.6) is 5.75 Å². The molecule has 11 heteroatoms. The van der Waals surface area contributed by atoms with Crippen LogP contribution in [-0.2, 0) is 0 Å². The van der Waals surface area contributed by atoms with E-state index in [2.05, 4.69) is 27.8 Å². The smallest absolute Gasteiger partial charge is 0.335 e. The third-order valence-corrected chi connectivity index (χ3v) is 5.57. The van der Waals surface area contributed by atoms with Crippen LogP contribution < -0.4 is 0 Å². The first-order valence-electron chi connectivity index (χ1n) is 16.2. The molecule has 0 atom stereocenters. The summed E-state index contributed by atoms with van der Waals surface area (Å²) < 4.78 is 9.62. The van der Waals surface area contributed by atoms with Gasteiger partial charge in [-0.25, -0.2) is 4.79 Å². The molecule has 2 aromatic heterocycles. The molecular formula is C43H48N4O7. The van der Waals surface area contributed by atoms with Crippen LogP contribution in [0, 0.1) is 0 Å². The van der Waals surface area contributed by atoms with Crippen LogP contribution in [0.15, 0.2) is 190 Å². The summed E-state index contributed by atoms with van der Waals surface area (Å²) in [6.45, 7) is 6.00. The van der Waals surface area contributed by atoms with Gasteiger partial charge < -0.3 is 29.1 Å². The van der Waals surface area contributed by atoms with Crippen molar-refractivity contribution in [3.05, 3.63) is 199 Å². The topological polar surface area (TPSA) is 149 Å².